The monoisotopic (exact) mass is 362 g/mol. The smallest absolute Gasteiger partial charge is 0.303 e. The summed E-state index contributed by atoms with van der Waals surface area (Å²) in [5.74, 6) is -0.473. The number of aryl methyl sites for hydroxylation is 1. The zero-order chi connectivity index (χ0) is 18.8. The molecule has 1 N–H and O–H groups in total. The van der Waals surface area contributed by atoms with Crippen LogP contribution in [0, 0.1) is 5.92 Å². The van der Waals surface area contributed by atoms with Crippen molar-refractivity contribution in [3.63, 3.8) is 0 Å². The Morgan fingerprint density at radius 1 is 1.07 bits per heavy atom. The van der Waals surface area contributed by atoms with Crippen LogP contribution in [0.4, 0.5) is 0 Å². The molecule has 3 aliphatic rings. The third-order valence-electron chi connectivity index (χ3n) is 6.80. The molecule has 0 amide bonds. The quantitative estimate of drug-likeness (QED) is 0.791. The third-order valence-corrected chi connectivity index (χ3v) is 6.80. The zero-order valence-electron chi connectivity index (χ0n) is 15.2. The molecule has 0 aromatic heterocycles. The number of carbonyl (C=O) groups is 2. The summed E-state index contributed by atoms with van der Waals surface area (Å²) < 4.78 is 5.70. The van der Waals surface area contributed by atoms with E-state index in [0.29, 0.717) is 12.8 Å². The summed E-state index contributed by atoms with van der Waals surface area (Å²) in [5.41, 5.74) is 3.18. The number of rotatable bonds is 1. The molecule has 4 heteroatoms. The molecule has 0 unspecified atom stereocenters. The van der Waals surface area contributed by atoms with Gasteiger partial charge in [0.2, 0.25) is 0 Å². The Labute approximate surface area is 158 Å². The fraction of sp³-hybridized carbons (Fsp3) is 0.391. The second kappa shape index (κ2) is 5.77. The first-order valence-corrected chi connectivity index (χ1v) is 9.61. The molecule has 0 bridgehead atoms. The van der Waals surface area contributed by atoms with E-state index >= 15 is 0 Å². The van der Waals surface area contributed by atoms with Gasteiger partial charge >= 0.3 is 5.97 Å². The minimum atomic E-state index is -0.940. The molecule has 5 atom stereocenters. The van der Waals surface area contributed by atoms with E-state index in [1.807, 2.05) is 42.5 Å². The molecule has 0 aliphatic heterocycles. The fourth-order valence-corrected chi connectivity index (χ4v) is 5.97. The number of carbonyl (C=O) groups excluding carboxylic acids is 2. The van der Waals surface area contributed by atoms with E-state index in [1.54, 1.807) is 0 Å². The summed E-state index contributed by atoms with van der Waals surface area (Å²) in [7, 11) is 0. The number of fused-ring (bicyclic) bond motifs is 6. The van der Waals surface area contributed by atoms with Gasteiger partial charge in [-0.05, 0) is 35.1 Å². The highest BCUT2D eigenvalue weighted by molar-refractivity contribution is 5.95. The summed E-state index contributed by atoms with van der Waals surface area (Å²) >= 11 is 0. The van der Waals surface area contributed by atoms with Crippen molar-refractivity contribution >= 4 is 11.8 Å². The minimum absolute atomic E-state index is 0.0867. The van der Waals surface area contributed by atoms with Gasteiger partial charge in [0.25, 0.3) is 0 Å². The molecular formula is C23H22O4. The molecule has 2 aromatic rings. The van der Waals surface area contributed by atoms with Gasteiger partial charge in [-0.1, -0.05) is 48.5 Å². The first-order valence-electron chi connectivity index (χ1n) is 9.61. The first-order chi connectivity index (χ1) is 13.0. The van der Waals surface area contributed by atoms with Crippen LogP contribution >= 0.6 is 0 Å². The molecule has 4 nitrogen and oxygen atoms in total. The lowest BCUT2D eigenvalue weighted by Gasteiger charge is -2.41. The van der Waals surface area contributed by atoms with Crippen molar-refractivity contribution in [1.82, 2.24) is 0 Å². The van der Waals surface area contributed by atoms with Crippen molar-refractivity contribution in [2.45, 2.75) is 49.7 Å². The van der Waals surface area contributed by atoms with Gasteiger partial charge < -0.3 is 9.84 Å². The summed E-state index contributed by atoms with van der Waals surface area (Å²) in [6.07, 6.45) is 0.442. The molecule has 3 aliphatic carbocycles. The molecule has 5 rings (SSSR count). The third kappa shape index (κ3) is 2.08. The number of benzene rings is 2. The van der Waals surface area contributed by atoms with Gasteiger partial charge in [-0.25, -0.2) is 0 Å². The summed E-state index contributed by atoms with van der Waals surface area (Å²) in [5, 5.41) is 11.2. The van der Waals surface area contributed by atoms with Gasteiger partial charge in [0, 0.05) is 25.2 Å². The summed E-state index contributed by atoms with van der Waals surface area (Å²) in [4.78, 5) is 25.2. The van der Waals surface area contributed by atoms with Crippen LogP contribution < -0.4 is 0 Å². The Morgan fingerprint density at radius 2 is 1.78 bits per heavy atom. The number of ketones is 1. The minimum Gasteiger partial charge on any atom is -0.457 e. The Bertz CT molecular complexity index is 949. The highest BCUT2D eigenvalue weighted by Crippen LogP contribution is 2.65. The molecule has 1 saturated carbocycles. The lowest BCUT2D eigenvalue weighted by molar-refractivity contribution is -0.149. The van der Waals surface area contributed by atoms with Crippen molar-refractivity contribution in [2.75, 3.05) is 0 Å². The summed E-state index contributed by atoms with van der Waals surface area (Å²) in [6, 6.07) is 15.9. The molecule has 1 fully saturated rings. The average Bonchev–Trinajstić information content (AvgIpc) is 3.12. The predicted molar refractivity (Wildman–Crippen MR) is 99.3 cm³/mol. The summed E-state index contributed by atoms with van der Waals surface area (Å²) in [6.45, 7) is 1.41. The van der Waals surface area contributed by atoms with Gasteiger partial charge in [-0.3, -0.25) is 9.59 Å². The van der Waals surface area contributed by atoms with Crippen LogP contribution in [-0.4, -0.2) is 23.0 Å². The average molecular weight is 362 g/mol. The Hall–Kier alpha value is -2.46. The molecule has 1 spiro atoms. The topological polar surface area (TPSA) is 63.6 Å². The SMILES string of the molecule is CC(=O)O[C@@H]1c2ccccc2[C@@H]2[C@H]1C[C@H](O)[C@]21C(=O)CCc2ccccc21. The Kier molecular flexibility index (Phi) is 3.57. The van der Waals surface area contributed by atoms with E-state index in [-0.39, 0.29) is 23.6 Å². The lowest BCUT2D eigenvalue weighted by atomic mass is 9.60. The largest absolute Gasteiger partial charge is 0.457 e. The second-order valence-electron chi connectivity index (χ2n) is 8.00. The fourth-order valence-electron chi connectivity index (χ4n) is 5.97. The maximum Gasteiger partial charge on any atom is 0.303 e. The van der Waals surface area contributed by atoms with Crippen LogP contribution in [0.2, 0.25) is 0 Å². The van der Waals surface area contributed by atoms with E-state index in [9.17, 15) is 14.7 Å². The van der Waals surface area contributed by atoms with Crippen molar-refractivity contribution in [3.8, 4) is 0 Å². The van der Waals surface area contributed by atoms with E-state index in [0.717, 1.165) is 28.7 Å². The molecule has 0 radical (unpaired) electrons. The number of aliphatic hydroxyl groups excluding tert-OH is 1. The van der Waals surface area contributed by atoms with Crippen LogP contribution in [-0.2, 0) is 26.2 Å². The van der Waals surface area contributed by atoms with Gasteiger partial charge in [0.1, 0.15) is 11.9 Å². The van der Waals surface area contributed by atoms with E-state index in [2.05, 4.69) is 6.07 Å². The van der Waals surface area contributed by atoms with Gasteiger partial charge in [-0.15, -0.1) is 0 Å². The van der Waals surface area contributed by atoms with E-state index in [4.69, 9.17) is 4.74 Å². The normalized spacial score (nSPS) is 33.5. The number of ether oxygens (including phenoxy) is 1. The number of Topliss-reactive ketones (excluding diaryl/α,β-unsaturated/α-hetero) is 1. The molecule has 138 valence electrons. The highest BCUT2D eigenvalue weighted by atomic mass is 16.5. The number of hydrogen-bond donors (Lipinski definition) is 1. The number of aliphatic hydroxyl groups is 1. The molecular weight excluding hydrogens is 340 g/mol. The van der Waals surface area contributed by atoms with Crippen molar-refractivity contribution in [2.24, 2.45) is 5.92 Å². The van der Waals surface area contributed by atoms with Gasteiger partial charge in [-0.2, -0.15) is 0 Å². The number of hydrogen-bond acceptors (Lipinski definition) is 4. The highest BCUT2D eigenvalue weighted by Gasteiger charge is 2.66. The Morgan fingerprint density at radius 3 is 2.56 bits per heavy atom. The van der Waals surface area contributed by atoms with Gasteiger partial charge in [0.05, 0.1) is 11.5 Å². The van der Waals surface area contributed by atoms with Crippen molar-refractivity contribution < 1.29 is 19.4 Å². The maximum absolute atomic E-state index is 13.4. The van der Waals surface area contributed by atoms with Gasteiger partial charge in [0.15, 0.2) is 0 Å². The molecule has 0 heterocycles. The van der Waals surface area contributed by atoms with Crippen LogP contribution in [0.1, 0.15) is 54.0 Å². The predicted octanol–water partition coefficient (Wildman–Crippen LogP) is 3.22. The van der Waals surface area contributed by atoms with Crippen LogP contribution in [0.5, 0.6) is 0 Å². The maximum atomic E-state index is 13.4. The zero-order valence-corrected chi connectivity index (χ0v) is 15.2. The Balaban J connectivity index is 1.75. The van der Waals surface area contributed by atoms with E-state index < -0.39 is 17.6 Å². The van der Waals surface area contributed by atoms with Crippen LogP contribution in [0.3, 0.4) is 0 Å². The second-order valence-corrected chi connectivity index (χ2v) is 8.00. The van der Waals surface area contributed by atoms with E-state index in [1.165, 1.54) is 6.92 Å². The van der Waals surface area contributed by atoms with Crippen molar-refractivity contribution in [1.29, 1.82) is 0 Å². The van der Waals surface area contributed by atoms with Crippen LogP contribution in [0.15, 0.2) is 48.5 Å². The lowest BCUT2D eigenvalue weighted by Crippen LogP contribution is -2.49. The van der Waals surface area contributed by atoms with Crippen LogP contribution in [0.25, 0.3) is 0 Å². The first kappa shape index (κ1) is 16.7. The molecule has 27 heavy (non-hydrogen) atoms. The van der Waals surface area contributed by atoms with Crippen molar-refractivity contribution in [3.05, 3.63) is 70.8 Å². The number of esters is 1. The molecule has 0 saturated heterocycles. The standard InChI is InChI=1S/C23H22O4/c1-13(24)27-22-16-8-4-3-7-15(16)21-17(22)12-20(26)23(21)18-9-5-2-6-14(18)10-11-19(23)25/h2-9,17,20-22,26H,10-12H2,1H3/t17-,20+,21-,22-,23+/m1/s1. The molecule has 2 aromatic carbocycles.